The molecule has 0 aliphatic carbocycles. The molecular formula is C16H12ClNOS. The molecule has 0 spiro atoms. The number of benzene rings is 2. The van der Waals surface area contributed by atoms with E-state index in [1.807, 2.05) is 49.4 Å². The van der Waals surface area contributed by atoms with Crippen molar-refractivity contribution < 1.29 is 4.42 Å². The van der Waals surface area contributed by atoms with E-state index in [2.05, 4.69) is 0 Å². The molecule has 0 saturated carbocycles. The number of rotatable bonds is 1. The van der Waals surface area contributed by atoms with Crippen molar-refractivity contribution in [1.82, 2.24) is 0 Å². The van der Waals surface area contributed by atoms with E-state index < -0.39 is 0 Å². The minimum absolute atomic E-state index is 0.641. The zero-order valence-corrected chi connectivity index (χ0v) is 12.4. The van der Waals surface area contributed by atoms with E-state index in [4.69, 9.17) is 34.0 Å². The highest BCUT2D eigenvalue weighted by Crippen LogP contribution is 2.31. The fourth-order valence-corrected chi connectivity index (χ4v) is 2.62. The molecule has 0 amide bonds. The lowest BCUT2D eigenvalue weighted by atomic mass is 10.1. The SMILES string of the molecule is Cc1ccc(N)c2c(=S)cc(-c3ccc(Cl)cc3)oc12. The molecule has 2 aromatic carbocycles. The van der Waals surface area contributed by atoms with Crippen molar-refractivity contribution in [1.29, 1.82) is 0 Å². The minimum atomic E-state index is 0.641. The van der Waals surface area contributed by atoms with Crippen molar-refractivity contribution >= 4 is 40.5 Å². The predicted octanol–water partition coefficient (Wildman–Crippen LogP) is 5.37. The Hall–Kier alpha value is -1.84. The topological polar surface area (TPSA) is 39.2 Å². The molecule has 0 unspecified atom stereocenters. The Morgan fingerprint density at radius 2 is 1.80 bits per heavy atom. The van der Waals surface area contributed by atoms with Gasteiger partial charge >= 0.3 is 0 Å². The summed E-state index contributed by atoms with van der Waals surface area (Å²) in [6.07, 6.45) is 0. The third-order valence-electron chi connectivity index (χ3n) is 3.24. The van der Waals surface area contributed by atoms with E-state index in [1.165, 1.54) is 0 Å². The first-order chi connectivity index (χ1) is 9.56. The van der Waals surface area contributed by atoms with Gasteiger partial charge in [-0.1, -0.05) is 29.9 Å². The zero-order valence-electron chi connectivity index (χ0n) is 10.8. The highest BCUT2D eigenvalue weighted by Gasteiger charge is 2.09. The van der Waals surface area contributed by atoms with Crippen LogP contribution in [0.15, 0.2) is 46.9 Å². The molecule has 2 N–H and O–H groups in total. The Balaban J connectivity index is 2.32. The molecule has 0 fully saturated rings. The molecule has 0 radical (unpaired) electrons. The van der Waals surface area contributed by atoms with E-state index >= 15 is 0 Å². The number of halogens is 1. The quantitative estimate of drug-likeness (QED) is 0.485. The number of nitrogen functional groups attached to an aromatic ring is 1. The number of hydrogen-bond acceptors (Lipinski definition) is 3. The van der Waals surface area contributed by atoms with Crippen LogP contribution in [0.5, 0.6) is 0 Å². The fraction of sp³-hybridized carbons (Fsp3) is 0.0625. The summed E-state index contributed by atoms with van der Waals surface area (Å²) in [6, 6.07) is 13.1. The maximum atomic E-state index is 5.99. The first-order valence-corrected chi connectivity index (χ1v) is 6.94. The van der Waals surface area contributed by atoms with Gasteiger partial charge in [0.15, 0.2) is 0 Å². The summed E-state index contributed by atoms with van der Waals surface area (Å²) in [6.45, 7) is 1.98. The lowest BCUT2D eigenvalue weighted by Crippen LogP contribution is -1.90. The van der Waals surface area contributed by atoms with Crippen LogP contribution in [-0.2, 0) is 0 Å². The van der Waals surface area contributed by atoms with Crippen molar-refractivity contribution in [3.8, 4) is 11.3 Å². The van der Waals surface area contributed by atoms with E-state index in [-0.39, 0.29) is 0 Å². The molecule has 1 aromatic heterocycles. The van der Waals surface area contributed by atoms with Gasteiger partial charge in [0.1, 0.15) is 11.3 Å². The van der Waals surface area contributed by atoms with Crippen molar-refractivity contribution in [2.24, 2.45) is 0 Å². The van der Waals surface area contributed by atoms with Crippen molar-refractivity contribution in [3.63, 3.8) is 0 Å². The van der Waals surface area contributed by atoms with Gasteiger partial charge in [-0.2, -0.15) is 0 Å². The summed E-state index contributed by atoms with van der Waals surface area (Å²) in [7, 11) is 0. The normalized spacial score (nSPS) is 10.9. The third kappa shape index (κ3) is 2.19. The molecule has 0 bridgehead atoms. The van der Waals surface area contributed by atoms with Gasteiger partial charge in [-0.15, -0.1) is 0 Å². The Bertz CT molecular complexity index is 853. The largest absolute Gasteiger partial charge is 0.456 e. The second-order valence-corrected chi connectivity index (χ2v) is 5.53. The molecule has 0 aliphatic rings. The number of nitrogens with two attached hydrogens (primary N) is 1. The van der Waals surface area contributed by atoms with E-state index in [0.29, 0.717) is 21.0 Å². The van der Waals surface area contributed by atoms with E-state index in [9.17, 15) is 0 Å². The van der Waals surface area contributed by atoms with Crippen LogP contribution in [-0.4, -0.2) is 0 Å². The lowest BCUT2D eigenvalue weighted by molar-refractivity contribution is 0.617. The molecule has 3 rings (SSSR count). The third-order valence-corrected chi connectivity index (χ3v) is 3.81. The Kier molecular flexibility index (Phi) is 3.24. The molecule has 4 heteroatoms. The zero-order chi connectivity index (χ0) is 14.3. The van der Waals surface area contributed by atoms with E-state index in [0.717, 1.165) is 22.1 Å². The van der Waals surface area contributed by atoms with Crippen molar-refractivity contribution in [2.45, 2.75) is 6.92 Å². The highest BCUT2D eigenvalue weighted by molar-refractivity contribution is 7.71. The standard InChI is InChI=1S/C16H12ClNOS/c1-9-2-7-12(18)15-14(20)8-13(19-16(9)15)10-3-5-11(17)6-4-10/h2-8H,18H2,1H3. The summed E-state index contributed by atoms with van der Waals surface area (Å²) in [5, 5.41) is 1.49. The van der Waals surface area contributed by atoms with Crippen LogP contribution < -0.4 is 5.73 Å². The first kappa shape index (κ1) is 13.2. The van der Waals surface area contributed by atoms with E-state index in [1.54, 1.807) is 0 Å². The first-order valence-electron chi connectivity index (χ1n) is 6.15. The molecule has 0 saturated heterocycles. The molecule has 3 aromatic rings. The fourth-order valence-electron chi connectivity index (χ4n) is 2.17. The molecule has 0 aliphatic heterocycles. The highest BCUT2D eigenvalue weighted by atomic mass is 35.5. The van der Waals surface area contributed by atoms with Crippen molar-refractivity contribution in [3.05, 3.63) is 57.6 Å². The van der Waals surface area contributed by atoms with Crippen LogP contribution in [0.25, 0.3) is 22.3 Å². The maximum absolute atomic E-state index is 5.99. The summed E-state index contributed by atoms with van der Waals surface area (Å²) < 4.78 is 6.68. The predicted molar refractivity (Wildman–Crippen MR) is 86.6 cm³/mol. The molecule has 0 atom stereocenters. The second kappa shape index (κ2) is 4.93. The summed E-state index contributed by atoms with van der Waals surface area (Å²) in [4.78, 5) is 0. The molecular weight excluding hydrogens is 290 g/mol. The van der Waals surface area contributed by atoms with Crippen LogP contribution >= 0.6 is 23.8 Å². The minimum Gasteiger partial charge on any atom is -0.456 e. The molecule has 2 nitrogen and oxygen atoms in total. The van der Waals surface area contributed by atoms with Gasteiger partial charge in [0.25, 0.3) is 0 Å². The lowest BCUT2D eigenvalue weighted by Gasteiger charge is -2.08. The molecule has 1 heterocycles. The van der Waals surface area contributed by atoms with Gasteiger partial charge in [0.2, 0.25) is 0 Å². The van der Waals surface area contributed by atoms with Gasteiger partial charge in [-0.05, 0) is 42.8 Å². The number of hydrogen-bond donors (Lipinski definition) is 1. The Morgan fingerprint density at radius 3 is 2.50 bits per heavy atom. The average molecular weight is 302 g/mol. The number of aryl methyl sites for hydroxylation is 1. The maximum Gasteiger partial charge on any atom is 0.141 e. The summed E-state index contributed by atoms with van der Waals surface area (Å²) in [5.41, 5.74) is 9.31. The summed E-state index contributed by atoms with van der Waals surface area (Å²) >= 11 is 11.4. The number of anilines is 1. The summed E-state index contributed by atoms with van der Waals surface area (Å²) in [5.74, 6) is 0.716. The van der Waals surface area contributed by atoms with Crippen LogP contribution in [0.2, 0.25) is 5.02 Å². The van der Waals surface area contributed by atoms with Crippen molar-refractivity contribution in [2.75, 3.05) is 5.73 Å². The van der Waals surface area contributed by atoms with Gasteiger partial charge in [0.05, 0.1) is 9.90 Å². The van der Waals surface area contributed by atoms with Crippen LogP contribution in [0.3, 0.4) is 0 Å². The molecule has 20 heavy (non-hydrogen) atoms. The van der Waals surface area contributed by atoms with Crippen LogP contribution in [0, 0.1) is 11.4 Å². The van der Waals surface area contributed by atoms with Crippen LogP contribution in [0.1, 0.15) is 5.56 Å². The van der Waals surface area contributed by atoms with Gasteiger partial charge in [0, 0.05) is 22.3 Å². The second-order valence-electron chi connectivity index (χ2n) is 4.66. The van der Waals surface area contributed by atoms with Gasteiger partial charge in [-0.3, -0.25) is 0 Å². The van der Waals surface area contributed by atoms with Gasteiger partial charge < -0.3 is 10.2 Å². The Labute approximate surface area is 126 Å². The monoisotopic (exact) mass is 301 g/mol. The smallest absolute Gasteiger partial charge is 0.141 e. The average Bonchev–Trinajstić information content (AvgIpc) is 2.43. The molecule has 100 valence electrons. The van der Waals surface area contributed by atoms with Gasteiger partial charge in [-0.25, -0.2) is 0 Å². The van der Waals surface area contributed by atoms with Crippen LogP contribution in [0.4, 0.5) is 5.69 Å². The number of fused-ring (bicyclic) bond motifs is 1. The Morgan fingerprint density at radius 1 is 1.10 bits per heavy atom.